The molecule has 0 aliphatic heterocycles. The second-order valence-corrected chi connectivity index (χ2v) is 13.7. The maximum absolute atomic E-state index is 6.58. The van der Waals surface area contributed by atoms with Crippen LogP contribution in [0.2, 0.25) is 0 Å². The molecule has 0 aliphatic rings. The van der Waals surface area contributed by atoms with Crippen molar-refractivity contribution in [3.63, 3.8) is 0 Å². The normalized spacial score (nSPS) is 11.3. The Balaban J connectivity index is 1.03. The lowest BCUT2D eigenvalue weighted by atomic mass is 9.92. The van der Waals surface area contributed by atoms with Crippen LogP contribution >= 0.6 is 0 Å². The van der Waals surface area contributed by atoms with Crippen molar-refractivity contribution >= 4 is 21.9 Å². The fourth-order valence-corrected chi connectivity index (χ4v) is 7.30. The van der Waals surface area contributed by atoms with Gasteiger partial charge in [0.15, 0.2) is 17.5 Å². The lowest BCUT2D eigenvalue weighted by Gasteiger charge is -2.12. The van der Waals surface area contributed by atoms with Gasteiger partial charge in [-0.1, -0.05) is 152 Å². The fraction of sp³-hybridized carbons (Fsp3) is 0. The second-order valence-electron chi connectivity index (χ2n) is 13.7. The summed E-state index contributed by atoms with van der Waals surface area (Å²) < 4.78 is 6.58. The van der Waals surface area contributed by atoms with Crippen LogP contribution in [0, 0.1) is 0 Å². The first-order chi connectivity index (χ1) is 27.2. The van der Waals surface area contributed by atoms with E-state index in [0.717, 1.165) is 55.3 Å². The molecule has 0 radical (unpaired) electrons. The average molecular weight is 704 g/mol. The third-order valence-corrected chi connectivity index (χ3v) is 10.1. The van der Waals surface area contributed by atoms with E-state index in [2.05, 4.69) is 133 Å². The molecule has 0 saturated carbocycles. The highest BCUT2D eigenvalue weighted by molar-refractivity contribution is 6.07. The summed E-state index contributed by atoms with van der Waals surface area (Å²) in [4.78, 5) is 14.7. The van der Waals surface area contributed by atoms with Crippen LogP contribution in [0.25, 0.3) is 101 Å². The number of hydrogen-bond acceptors (Lipinski definition) is 4. The Morgan fingerprint density at radius 3 is 1.05 bits per heavy atom. The summed E-state index contributed by atoms with van der Waals surface area (Å²) in [7, 11) is 0. The number of nitrogens with zero attached hydrogens (tertiary/aromatic N) is 3. The summed E-state index contributed by atoms with van der Waals surface area (Å²) in [5.41, 5.74) is 13.7. The van der Waals surface area contributed by atoms with E-state index < -0.39 is 0 Å². The number of hydrogen-bond donors (Lipinski definition) is 0. The highest BCUT2D eigenvalue weighted by Gasteiger charge is 2.16. The third kappa shape index (κ3) is 6.36. The summed E-state index contributed by atoms with van der Waals surface area (Å²) in [5.74, 6) is 1.85. The van der Waals surface area contributed by atoms with Gasteiger partial charge in [-0.2, -0.15) is 0 Å². The van der Waals surface area contributed by atoms with Gasteiger partial charge >= 0.3 is 0 Å². The molecular weight excluding hydrogens is 671 g/mol. The van der Waals surface area contributed by atoms with E-state index in [9.17, 15) is 0 Å². The Morgan fingerprint density at radius 1 is 0.236 bits per heavy atom. The molecule has 0 N–H and O–H groups in total. The summed E-state index contributed by atoms with van der Waals surface area (Å²) in [6.45, 7) is 0. The number of fused-ring (bicyclic) bond motifs is 3. The minimum atomic E-state index is 0.597. The van der Waals surface area contributed by atoms with Crippen molar-refractivity contribution < 1.29 is 4.42 Å². The van der Waals surface area contributed by atoms with Gasteiger partial charge < -0.3 is 4.42 Å². The van der Waals surface area contributed by atoms with E-state index in [-0.39, 0.29) is 0 Å². The van der Waals surface area contributed by atoms with Gasteiger partial charge in [-0.25, -0.2) is 15.0 Å². The lowest BCUT2D eigenvalue weighted by molar-refractivity contribution is 0.669. The molecule has 4 nitrogen and oxygen atoms in total. The molecular formula is C51H33N3O. The van der Waals surface area contributed by atoms with E-state index >= 15 is 0 Å². The molecule has 8 aromatic carbocycles. The van der Waals surface area contributed by atoms with Crippen LogP contribution < -0.4 is 0 Å². The molecule has 4 heteroatoms. The molecule has 0 aliphatic carbocycles. The Morgan fingerprint density at radius 2 is 0.564 bits per heavy atom. The van der Waals surface area contributed by atoms with E-state index in [0.29, 0.717) is 17.5 Å². The molecule has 10 rings (SSSR count). The van der Waals surface area contributed by atoms with Crippen molar-refractivity contribution in [2.24, 2.45) is 0 Å². The number of aromatic nitrogens is 3. The third-order valence-electron chi connectivity index (χ3n) is 10.1. The van der Waals surface area contributed by atoms with E-state index in [1.807, 2.05) is 66.7 Å². The van der Waals surface area contributed by atoms with Crippen molar-refractivity contribution in [1.29, 1.82) is 0 Å². The summed E-state index contributed by atoms with van der Waals surface area (Å²) in [6.07, 6.45) is 0. The molecule has 0 spiro atoms. The molecule has 0 unspecified atom stereocenters. The van der Waals surface area contributed by atoms with E-state index in [1.165, 1.54) is 27.8 Å². The molecule has 0 saturated heterocycles. The molecule has 2 aromatic heterocycles. The molecule has 258 valence electrons. The van der Waals surface area contributed by atoms with Crippen LogP contribution in [-0.2, 0) is 0 Å². The van der Waals surface area contributed by atoms with Gasteiger partial charge in [-0.3, -0.25) is 0 Å². The van der Waals surface area contributed by atoms with Crippen LogP contribution in [0.15, 0.2) is 205 Å². The maximum atomic E-state index is 6.58. The lowest BCUT2D eigenvalue weighted by Crippen LogP contribution is -2.00. The molecule has 0 fully saturated rings. The summed E-state index contributed by atoms with van der Waals surface area (Å²) >= 11 is 0. The van der Waals surface area contributed by atoms with E-state index in [4.69, 9.17) is 19.4 Å². The SMILES string of the molecule is c1ccc(-c2cc(-c3ccccc3)cc(-c3cccc(-c4ccc5c(c4)oc4cc(-c6nc(-c7ccccc7)nc(-c7ccccc7)n6)ccc45)c3)c2)cc1. The summed E-state index contributed by atoms with van der Waals surface area (Å²) in [6, 6.07) is 69.6. The van der Waals surface area contributed by atoms with Crippen LogP contribution in [0.4, 0.5) is 0 Å². The van der Waals surface area contributed by atoms with Crippen molar-refractivity contribution in [1.82, 2.24) is 15.0 Å². The van der Waals surface area contributed by atoms with Gasteiger partial charge in [0.25, 0.3) is 0 Å². The van der Waals surface area contributed by atoms with E-state index in [1.54, 1.807) is 0 Å². The minimum Gasteiger partial charge on any atom is -0.456 e. The Kier molecular flexibility index (Phi) is 8.12. The molecule has 0 bridgehead atoms. The van der Waals surface area contributed by atoms with Crippen LogP contribution in [0.3, 0.4) is 0 Å². The van der Waals surface area contributed by atoms with Crippen LogP contribution in [-0.4, -0.2) is 15.0 Å². The Bertz CT molecular complexity index is 2840. The monoisotopic (exact) mass is 703 g/mol. The standard InChI is InChI=1S/C51H33N3O/c1-5-14-34(15-6-1)42-29-43(35-16-7-2-8-17-35)31-44(30-42)39-23-13-22-38(28-39)40-24-26-45-46-27-25-41(33-48(46)55-47(45)32-40)51-53-49(36-18-9-3-10-19-36)52-50(54-51)37-20-11-4-12-21-37/h1-33H. The van der Waals surface area contributed by atoms with Crippen molar-refractivity contribution in [3.8, 4) is 78.7 Å². The fourth-order valence-electron chi connectivity index (χ4n) is 7.30. The minimum absolute atomic E-state index is 0.597. The quantitative estimate of drug-likeness (QED) is 0.166. The first-order valence-corrected chi connectivity index (χ1v) is 18.4. The maximum Gasteiger partial charge on any atom is 0.164 e. The van der Waals surface area contributed by atoms with Gasteiger partial charge in [0.2, 0.25) is 0 Å². The molecule has 55 heavy (non-hydrogen) atoms. The van der Waals surface area contributed by atoms with Crippen molar-refractivity contribution in [2.75, 3.05) is 0 Å². The predicted octanol–water partition coefficient (Wildman–Crippen LogP) is 13.4. The summed E-state index contributed by atoms with van der Waals surface area (Å²) in [5, 5.41) is 2.11. The molecule has 2 heterocycles. The number of benzene rings is 8. The molecule has 10 aromatic rings. The van der Waals surface area contributed by atoms with Crippen molar-refractivity contribution in [3.05, 3.63) is 200 Å². The highest BCUT2D eigenvalue weighted by Crippen LogP contribution is 2.37. The first kappa shape index (κ1) is 32.2. The molecule has 0 atom stereocenters. The zero-order chi connectivity index (χ0) is 36.6. The second kappa shape index (κ2) is 13.8. The number of furan rings is 1. The van der Waals surface area contributed by atoms with Gasteiger partial charge in [-0.05, 0) is 93.0 Å². The van der Waals surface area contributed by atoms with Gasteiger partial charge in [-0.15, -0.1) is 0 Å². The Labute approximate surface area is 319 Å². The number of rotatable bonds is 7. The topological polar surface area (TPSA) is 51.8 Å². The van der Waals surface area contributed by atoms with Gasteiger partial charge in [0, 0.05) is 27.5 Å². The average Bonchev–Trinajstić information content (AvgIpc) is 3.64. The van der Waals surface area contributed by atoms with Crippen molar-refractivity contribution in [2.45, 2.75) is 0 Å². The highest BCUT2D eigenvalue weighted by atomic mass is 16.3. The predicted molar refractivity (Wildman–Crippen MR) is 225 cm³/mol. The zero-order valence-corrected chi connectivity index (χ0v) is 29.8. The van der Waals surface area contributed by atoms with Crippen LogP contribution in [0.1, 0.15) is 0 Å². The van der Waals surface area contributed by atoms with Gasteiger partial charge in [0.1, 0.15) is 11.2 Å². The van der Waals surface area contributed by atoms with Crippen LogP contribution in [0.5, 0.6) is 0 Å². The smallest absolute Gasteiger partial charge is 0.164 e. The van der Waals surface area contributed by atoms with Gasteiger partial charge in [0.05, 0.1) is 0 Å². The zero-order valence-electron chi connectivity index (χ0n) is 29.8. The largest absolute Gasteiger partial charge is 0.456 e. The first-order valence-electron chi connectivity index (χ1n) is 18.4. The molecule has 0 amide bonds. The Hall–Kier alpha value is -7.43.